The van der Waals surface area contributed by atoms with Crippen molar-refractivity contribution in [2.75, 3.05) is 13.1 Å². The molecular weight excluding hydrogens is 359 g/mol. The first-order valence-corrected chi connectivity index (χ1v) is 7.94. The summed E-state index contributed by atoms with van der Waals surface area (Å²) in [6.45, 7) is 0.530. The van der Waals surface area contributed by atoms with Gasteiger partial charge in [-0.1, -0.05) is 0 Å². The van der Waals surface area contributed by atoms with E-state index in [1.165, 1.54) is 37.5 Å². The van der Waals surface area contributed by atoms with E-state index in [1.54, 1.807) is 0 Å². The number of ketones is 1. The molecule has 0 aliphatic rings. The molecule has 0 aliphatic heterocycles. The number of rotatable bonds is 8. The number of Topliss-reactive ketones (excluding diaryl/α,β-unsaturated/α-hetero) is 1. The Kier molecular flexibility index (Phi) is 6.81. The van der Waals surface area contributed by atoms with Crippen molar-refractivity contribution in [3.05, 3.63) is 59.8 Å². The van der Waals surface area contributed by atoms with Crippen LogP contribution in [0.1, 0.15) is 27.8 Å². The van der Waals surface area contributed by atoms with E-state index in [-0.39, 0.29) is 17.9 Å². The summed E-state index contributed by atoms with van der Waals surface area (Å²) in [7, 11) is 0. The van der Waals surface area contributed by atoms with Crippen LogP contribution in [0.2, 0.25) is 0 Å². The molecular formula is C18H17FN2O6. The van der Waals surface area contributed by atoms with Gasteiger partial charge in [-0.25, -0.2) is 4.39 Å². The van der Waals surface area contributed by atoms with Crippen LogP contribution in [-0.4, -0.2) is 42.8 Å². The SMILES string of the molecule is C[C@@H](OC(=O)CNC(=O)CNC(=O)c1ccco1)C(=O)c1ccc(F)cc1. The third-order valence-electron chi connectivity index (χ3n) is 3.39. The number of benzene rings is 1. The van der Waals surface area contributed by atoms with Crippen LogP contribution >= 0.6 is 0 Å². The van der Waals surface area contributed by atoms with Gasteiger partial charge in [-0.15, -0.1) is 0 Å². The summed E-state index contributed by atoms with van der Waals surface area (Å²) in [5.74, 6) is -2.96. The normalized spacial score (nSPS) is 11.3. The van der Waals surface area contributed by atoms with E-state index in [9.17, 15) is 23.6 Å². The van der Waals surface area contributed by atoms with Gasteiger partial charge in [0.25, 0.3) is 5.91 Å². The molecule has 1 aromatic heterocycles. The first kappa shape index (κ1) is 19.8. The largest absolute Gasteiger partial charge is 0.459 e. The number of carbonyl (C=O) groups is 4. The fourth-order valence-corrected chi connectivity index (χ4v) is 2.03. The maximum Gasteiger partial charge on any atom is 0.326 e. The second-order valence-electron chi connectivity index (χ2n) is 5.44. The molecule has 0 aliphatic carbocycles. The van der Waals surface area contributed by atoms with Crippen LogP contribution in [0.3, 0.4) is 0 Å². The first-order chi connectivity index (χ1) is 12.9. The molecule has 8 nitrogen and oxygen atoms in total. The number of carbonyl (C=O) groups excluding carboxylic acids is 4. The van der Waals surface area contributed by atoms with E-state index >= 15 is 0 Å². The number of hydrogen-bond donors (Lipinski definition) is 2. The number of hydrogen-bond acceptors (Lipinski definition) is 6. The average Bonchev–Trinajstić information content (AvgIpc) is 3.19. The van der Waals surface area contributed by atoms with Gasteiger partial charge in [0.1, 0.15) is 12.4 Å². The van der Waals surface area contributed by atoms with E-state index in [0.29, 0.717) is 0 Å². The van der Waals surface area contributed by atoms with Gasteiger partial charge in [0.15, 0.2) is 11.9 Å². The van der Waals surface area contributed by atoms with Crippen molar-refractivity contribution in [1.29, 1.82) is 0 Å². The Hall–Kier alpha value is -3.49. The molecule has 0 unspecified atom stereocenters. The predicted octanol–water partition coefficient (Wildman–Crippen LogP) is 1.08. The van der Waals surface area contributed by atoms with Crippen molar-refractivity contribution < 1.29 is 32.7 Å². The summed E-state index contributed by atoms with van der Waals surface area (Å²) in [6, 6.07) is 7.78. The molecule has 2 rings (SSSR count). The van der Waals surface area contributed by atoms with E-state index in [4.69, 9.17) is 9.15 Å². The lowest BCUT2D eigenvalue weighted by molar-refractivity contribution is -0.146. The van der Waals surface area contributed by atoms with Crippen LogP contribution in [0.25, 0.3) is 0 Å². The summed E-state index contributed by atoms with van der Waals surface area (Å²) in [5, 5.41) is 4.57. The van der Waals surface area contributed by atoms with Crippen molar-refractivity contribution in [2.24, 2.45) is 0 Å². The molecule has 0 spiro atoms. The van der Waals surface area contributed by atoms with Crippen LogP contribution in [0, 0.1) is 5.82 Å². The monoisotopic (exact) mass is 376 g/mol. The second kappa shape index (κ2) is 9.27. The highest BCUT2D eigenvalue weighted by molar-refractivity contribution is 6.00. The molecule has 0 radical (unpaired) electrons. The summed E-state index contributed by atoms with van der Waals surface area (Å²) < 4.78 is 22.7. The van der Waals surface area contributed by atoms with Gasteiger partial charge in [0, 0.05) is 5.56 Å². The Labute approximate surface area is 153 Å². The van der Waals surface area contributed by atoms with Crippen molar-refractivity contribution in [3.8, 4) is 0 Å². The summed E-state index contributed by atoms with van der Waals surface area (Å²) in [4.78, 5) is 47.0. The molecule has 2 N–H and O–H groups in total. The van der Waals surface area contributed by atoms with Crippen molar-refractivity contribution in [1.82, 2.24) is 10.6 Å². The zero-order chi connectivity index (χ0) is 19.8. The van der Waals surface area contributed by atoms with Gasteiger partial charge in [0.2, 0.25) is 11.7 Å². The highest BCUT2D eigenvalue weighted by atomic mass is 19.1. The van der Waals surface area contributed by atoms with E-state index in [1.807, 2.05) is 0 Å². The maximum atomic E-state index is 12.9. The highest BCUT2D eigenvalue weighted by Crippen LogP contribution is 2.08. The zero-order valence-electron chi connectivity index (χ0n) is 14.4. The minimum absolute atomic E-state index is 0.0512. The number of furan rings is 1. The van der Waals surface area contributed by atoms with Gasteiger partial charge >= 0.3 is 5.97 Å². The minimum Gasteiger partial charge on any atom is -0.459 e. The Morgan fingerprint density at radius 3 is 2.41 bits per heavy atom. The third-order valence-corrected chi connectivity index (χ3v) is 3.39. The molecule has 1 aromatic carbocycles. The molecule has 142 valence electrons. The van der Waals surface area contributed by atoms with Crippen LogP contribution in [0.4, 0.5) is 4.39 Å². The fraction of sp³-hybridized carbons (Fsp3) is 0.222. The summed E-state index contributed by atoms with van der Waals surface area (Å²) >= 11 is 0. The van der Waals surface area contributed by atoms with Gasteiger partial charge in [0.05, 0.1) is 12.8 Å². The highest BCUT2D eigenvalue weighted by Gasteiger charge is 2.20. The van der Waals surface area contributed by atoms with Gasteiger partial charge in [-0.05, 0) is 43.3 Å². The number of ether oxygens (including phenoxy) is 1. The third kappa shape index (κ3) is 6.07. The van der Waals surface area contributed by atoms with Crippen molar-refractivity contribution >= 4 is 23.6 Å². The predicted molar refractivity (Wildman–Crippen MR) is 90.3 cm³/mol. The van der Waals surface area contributed by atoms with Crippen LogP contribution in [0.5, 0.6) is 0 Å². The fourth-order valence-electron chi connectivity index (χ4n) is 2.03. The zero-order valence-corrected chi connectivity index (χ0v) is 14.4. The van der Waals surface area contributed by atoms with Crippen molar-refractivity contribution in [3.63, 3.8) is 0 Å². The summed E-state index contributed by atoms with van der Waals surface area (Å²) in [6.07, 6.45) is 0.220. The van der Waals surface area contributed by atoms with Crippen LogP contribution < -0.4 is 10.6 Å². The second-order valence-corrected chi connectivity index (χ2v) is 5.44. The molecule has 2 amide bonds. The number of nitrogens with one attached hydrogen (secondary N) is 2. The van der Waals surface area contributed by atoms with Crippen molar-refractivity contribution in [2.45, 2.75) is 13.0 Å². The Bertz CT molecular complexity index is 817. The first-order valence-electron chi connectivity index (χ1n) is 7.94. The number of halogens is 1. The smallest absolute Gasteiger partial charge is 0.326 e. The summed E-state index contributed by atoms with van der Waals surface area (Å²) in [5.41, 5.74) is 0.196. The molecule has 0 fully saturated rings. The van der Waals surface area contributed by atoms with Crippen LogP contribution in [0.15, 0.2) is 47.1 Å². The molecule has 0 bridgehead atoms. The lowest BCUT2D eigenvalue weighted by atomic mass is 10.1. The van der Waals surface area contributed by atoms with Gasteiger partial charge in [-0.2, -0.15) is 0 Å². The Morgan fingerprint density at radius 1 is 1.07 bits per heavy atom. The Balaban J connectivity index is 1.71. The minimum atomic E-state index is -1.10. The molecule has 0 saturated heterocycles. The quantitative estimate of drug-likeness (QED) is 0.526. The lowest BCUT2D eigenvalue weighted by Gasteiger charge is -2.13. The van der Waals surface area contributed by atoms with Gasteiger partial charge in [-0.3, -0.25) is 19.2 Å². The Morgan fingerprint density at radius 2 is 1.78 bits per heavy atom. The molecule has 1 heterocycles. The van der Waals surface area contributed by atoms with Crippen LogP contribution in [-0.2, 0) is 14.3 Å². The van der Waals surface area contributed by atoms with E-state index in [2.05, 4.69) is 10.6 Å². The lowest BCUT2D eigenvalue weighted by Crippen LogP contribution is -2.40. The topological polar surface area (TPSA) is 115 Å². The molecule has 0 saturated carbocycles. The standard InChI is InChI=1S/C18H17FN2O6/c1-11(17(24)12-4-6-13(19)7-5-12)27-16(23)10-20-15(22)9-21-18(25)14-3-2-8-26-14/h2-8,11H,9-10H2,1H3,(H,20,22)(H,21,25)/t11-/m1/s1. The average molecular weight is 376 g/mol. The molecule has 1 atom stereocenters. The molecule has 2 aromatic rings. The molecule has 9 heteroatoms. The number of esters is 1. The molecule has 27 heavy (non-hydrogen) atoms. The number of amides is 2. The van der Waals surface area contributed by atoms with E-state index < -0.39 is 42.0 Å². The van der Waals surface area contributed by atoms with Gasteiger partial charge < -0.3 is 19.8 Å². The van der Waals surface area contributed by atoms with E-state index in [0.717, 1.165) is 12.1 Å². The maximum absolute atomic E-state index is 12.9.